The summed E-state index contributed by atoms with van der Waals surface area (Å²) >= 11 is 0. The number of nitrogens with zero attached hydrogens (tertiary/aromatic N) is 1. The molecule has 90 valence electrons. The molecule has 0 unspecified atom stereocenters. The molecular weight excluding hydrogens is 214 g/mol. The lowest BCUT2D eigenvalue weighted by Gasteiger charge is -2.08. The third-order valence-electron chi connectivity index (χ3n) is 2.34. The number of para-hydroxylation sites is 1. The maximum absolute atomic E-state index is 11.4. The average molecular weight is 231 g/mol. The molecule has 0 aliphatic heterocycles. The minimum absolute atomic E-state index is 0.0498. The van der Waals surface area contributed by atoms with Crippen molar-refractivity contribution in [1.29, 1.82) is 5.26 Å². The lowest BCUT2D eigenvalue weighted by Crippen LogP contribution is -2.30. The van der Waals surface area contributed by atoms with Crippen LogP contribution in [0.5, 0.6) is 0 Å². The Balaban J connectivity index is 2.40. The van der Waals surface area contributed by atoms with E-state index in [1.165, 1.54) is 0 Å². The van der Waals surface area contributed by atoms with Crippen LogP contribution in [0.15, 0.2) is 24.3 Å². The molecule has 1 aromatic carbocycles. The zero-order chi connectivity index (χ0) is 12.5. The Bertz CT molecular complexity index is 409. The molecule has 1 amide bonds. The number of nitrogens with one attached hydrogen (secondary N) is 2. The number of carbonyl (C=O) groups excluding carboxylic acids is 1. The van der Waals surface area contributed by atoms with Crippen molar-refractivity contribution < 1.29 is 4.79 Å². The van der Waals surface area contributed by atoms with Gasteiger partial charge in [0.25, 0.3) is 0 Å². The fourth-order valence-corrected chi connectivity index (χ4v) is 1.38. The molecule has 0 radical (unpaired) electrons. The second-order valence-corrected chi connectivity index (χ2v) is 3.71. The van der Waals surface area contributed by atoms with Gasteiger partial charge >= 0.3 is 0 Å². The van der Waals surface area contributed by atoms with E-state index in [0.29, 0.717) is 17.8 Å². The van der Waals surface area contributed by atoms with Crippen LogP contribution in [0.4, 0.5) is 5.69 Å². The highest BCUT2D eigenvalue weighted by Gasteiger charge is 2.03. The molecule has 2 N–H and O–H groups in total. The number of hydrogen-bond acceptors (Lipinski definition) is 3. The van der Waals surface area contributed by atoms with Gasteiger partial charge in [-0.1, -0.05) is 25.5 Å². The summed E-state index contributed by atoms with van der Waals surface area (Å²) in [5.41, 5.74) is 1.24. The van der Waals surface area contributed by atoms with E-state index in [0.717, 1.165) is 12.8 Å². The summed E-state index contributed by atoms with van der Waals surface area (Å²) in [5, 5.41) is 14.6. The second-order valence-electron chi connectivity index (χ2n) is 3.71. The number of carbonyl (C=O) groups is 1. The third-order valence-corrected chi connectivity index (χ3v) is 2.34. The first kappa shape index (κ1) is 13.0. The van der Waals surface area contributed by atoms with E-state index in [2.05, 4.69) is 23.6 Å². The highest BCUT2D eigenvalue weighted by atomic mass is 16.1. The van der Waals surface area contributed by atoms with Crippen molar-refractivity contribution in [2.24, 2.45) is 0 Å². The minimum atomic E-state index is -0.0498. The van der Waals surface area contributed by atoms with Crippen LogP contribution in [0.1, 0.15) is 25.3 Å². The predicted octanol–water partition coefficient (Wildman–Crippen LogP) is 1.89. The van der Waals surface area contributed by atoms with Crippen molar-refractivity contribution in [1.82, 2.24) is 5.32 Å². The van der Waals surface area contributed by atoms with Gasteiger partial charge in [0.1, 0.15) is 6.07 Å². The smallest absolute Gasteiger partial charge is 0.239 e. The Kier molecular flexibility index (Phi) is 5.59. The summed E-state index contributed by atoms with van der Waals surface area (Å²) in [5.74, 6) is -0.0498. The van der Waals surface area contributed by atoms with E-state index >= 15 is 0 Å². The summed E-state index contributed by atoms with van der Waals surface area (Å²) in [6, 6.07) is 9.21. The van der Waals surface area contributed by atoms with E-state index in [1.807, 2.05) is 6.07 Å². The van der Waals surface area contributed by atoms with Gasteiger partial charge in [0, 0.05) is 6.54 Å². The van der Waals surface area contributed by atoms with Crippen molar-refractivity contribution in [3.8, 4) is 6.07 Å². The Morgan fingerprint density at radius 1 is 1.41 bits per heavy atom. The highest BCUT2D eigenvalue weighted by Crippen LogP contribution is 2.12. The van der Waals surface area contributed by atoms with Crippen molar-refractivity contribution in [2.75, 3.05) is 18.4 Å². The molecule has 0 heterocycles. The van der Waals surface area contributed by atoms with E-state index in [4.69, 9.17) is 5.26 Å². The number of hydrogen-bond donors (Lipinski definition) is 2. The molecule has 1 rings (SSSR count). The van der Waals surface area contributed by atoms with Gasteiger partial charge in [0.15, 0.2) is 0 Å². The van der Waals surface area contributed by atoms with Gasteiger partial charge in [-0.15, -0.1) is 0 Å². The van der Waals surface area contributed by atoms with Crippen molar-refractivity contribution >= 4 is 11.6 Å². The van der Waals surface area contributed by atoms with Crippen LogP contribution in [0.25, 0.3) is 0 Å². The van der Waals surface area contributed by atoms with Gasteiger partial charge < -0.3 is 10.6 Å². The molecule has 4 heteroatoms. The van der Waals surface area contributed by atoms with Crippen molar-refractivity contribution in [2.45, 2.75) is 19.8 Å². The molecule has 1 aromatic rings. The average Bonchev–Trinajstić information content (AvgIpc) is 2.37. The van der Waals surface area contributed by atoms with E-state index in [-0.39, 0.29) is 12.5 Å². The fourth-order valence-electron chi connectivity index (χ4n) is 1.38. The SMILES string of the molecule is CCCCNC(=O)CNc1ccccc1C#N. The van der Waals surface area contributed by atoms with Crippen LogP contribution < -0.4 is 10.6 Å². The van der Waals surface area contributed by atoms with E-state index < -0.39 is 0 Å². The zero-order valence-corrected chi connectivity index (χ0v) is 9.99. The third kappa shape index (κ3) is 4.56. The Hall–Kier alpha value is -2.02. The molecular formula is C13H17N3O. The summed E-state index contributed by atoms with van der Waals surface area (Å²) in [6.45, 7) is 2.98. The monoisotopic (exact) mass is 231 g/mol. The largest absolute Gasteiger partial charge is 0.375 e. The number of anilines is 1. The van der Waals surface area contributed by atoms with E-state index in [1.54, 1.807) is 18.2 Å². The molecule has 0 saturated carbocycles. The van der Waals surface area contributed by atoms with Gasteiger partial charge in [-0.3, -0.25) is 4.79 Å². The number of nitriles is 1. The molecule has 0 aliphatic rings. The molecule has 0 atom stereocenters. The van der Waals surface area contributed by atoms with Crippen LogP contribution in [0.3, 0.4) is 0 Å². The topological polar surface area (TPSA) is 64.9 Å². The van der Waals surface area contributed by atoms with Gasteiger partial charge in [-0.25, -0.2) is 0 Å². The quantitative estimate of drug-likeness (QED) is 0.735. The Morgan fingerprint density at radius 2 is 2.18 bits per heavy atom. The van der Waals surface area contributed by atoms with Crippen LogP contribution in [0, 0.1) is 11.3 Å². The highest BCUT2D eigenvalue weighted by molar-refractivity contribution is 5.81. The summed E-state index contributed by atoms with van der Waals surface area (Å²) in [6.07, 6.45) is 2.05. The fraction of sp³-hybridized carbons (Fsp3) is 0.385. The summed E-state index contributed by atoms with van der Waals surface area (Å²) < 4.78 is 0. The zero-order valence-electron chi connectivity index (χ0n) is 9.99. The van der Waals surface area contributed by atoms with Crippen LogP contribution in [-0.2, 0) is 4.79 Å². The van der Waals surface area contributed by atoms with Gasteiger partial charge in [0.05, 0.1) is 17.8 Å². The standard InChI is InChI=1S/C13H17N3O/c1-2-3-8-15-13(17)10-16-12-7-5-4-6-11(12)9-14/h4-7,16H,2-3,8,10H2,1H3,(H,15,17). The molecule has 0 fully saturated rings. The predicted molar refractivity (Wildman–Crippen MR) is 67.6 cm³/mol. The van der Waals surface area contributed by atoms with Crippen LogP contribution in [-0.4, -0.2) is 19.0 Å². The van der Waals surface area contributed by atoms with Crippen LogP contribution >= 0.6 is 0 Å². The minimum Gasteiger partial charge on any atom is -0.375 e. The summed E-state index contributed by atoms with van der Waals surface area (Å²) in [4.78, 5) is 11.4. The maximum atomic E-state index is 11.4. The second kappa shape index (κ2) is 7.29. The molecule has 17 heavy (non-hydrogen) atoms. The molecule has 0 saturated heterocycles. The van der Waals surface area contributed by atoms with Gasteiger partial charge in [-0.2, -0.15) is 5.26 Å². The normalized spacial score (nSPS) is 9.41. The molecule has 0 spiro atoms. The first-order valence-electron chi connectivity index (χ1n) is 5.77. The van der Waals surface area contributed by atoms with Crippen molar-refractivity contribution in [3.05, 3.63) is 29.8 Å². The lowest BCUT2D eigenvalue weighted by molar-refractivity contribution is -0.119. The molecule has 4 nitrogen and oxygen atoms in total. The lowest BCUT2D eigenvalue weighted by atomic mass is 10.2. The number of amides is 1. The first-order chi connectivity index (χ1) is 8.27. The molecule has 0 aromatic heterocycles. The van der Waals surface area contributed by atoms with E-state index in [9.17, 15) is 4.79 Å². The Labute approximate surface area is 102 Å². The molecule has 0 bridgehead atoms. The maximum Gasteiger partial charge on any atom is 0.239 e. The number of benzene rings is 1. The van der Waals surface area contributed by atoms with Crippen LogP contribution in [0.2, 0.25) is 0 Å². The summed E-state index contributed by atoms with van der Waals surface area (Å²) in [7, 11) is 0. The van der Waals surface area contributed by atoms with Gasteiger partial charge in [-0.05, 0) is 18.6 Å². The van der Waals surface area contributed by atoms with Gasteiger partial charge in [0.2, 0.25) is 5.91 Å². The number of unbranched alkanes of at least 4 members (excludes halogenated alkanes) is 1. The molecule has 0 aliphatic carbocycles. The number of rotatable bonds is 6. The Morgan fingerprint density at radius 3 is 2.88 bits per heavy atom. The first-order valence-corrected chi connectivity index (χ1v) is 5.77. The van der Waals surface area contributed by atoms with Crippen molar-refractivity contribution in [3.63, 3.8) is 0 Å².